The molecule has 1 N–H and O–H groups in total. The van der Waals surface area contributed by atoms with Gasteiger partial charge in [-0.05, 0) is 22.4 Å². The molecule has 0 saturated carbocycles. The van der Waals surface area contributed by atoms with Crippen LogP contribution in [0.25, 0.3) is 0 Å². The van der Waals surface area contributed by atoms with Crippen molar-refractivity contribution in [3.05, 3.63) is 34.0 Å². The molecule has 4 nitrogen and oxygen atoms in total. The highest BCUT2D eigenvalue weighted by molar-refractivity contribution is 7.07. The summed E-state index contributed by atoms with van der Waals surface area (Å²) >= 11 is 1.73. The smallest absolute Gasteiger partial charge is 0.147 e. The topological polar surface area (TPSA) is 42.7 Å². The largest absolute Gasteiger partial charge is 0.312 e. The van der Waals surface area contributed by atoms with Crippen LogP contribution in [-0.2, 0) is 19.5 Å². The summed E-state index contributed by atoms with van der Waals surface area (Å²) in [5.41, 5.74) is 1.33. The van der Waals surface area contributed by atoms with E-state index in [9.17, 15) is 0 Å². The van der Waals surface area contributed by atoms with Gasteiger partial charge in [0, 0.05) is 19.5 Å². The van der Waals surface area contributed by atoms with Gasteiger partial charge in [0.05, 0.1) is 6.54 Å². The van der Waals surface area contributed by atoms with Gasteiger partial charge in [-0.2, -0.15) is 11.3 Å². The van der Waals surface area contributed by atoms with Crippen LogP contribution < -0.4 is 5.32 Å². The van der Waals surface area contributed by atoms with E-state index in [0.717, 1.165) is 37.7 Å². The Labute approximate surface area is 104 Å². The Balaban J connectivity index is 0.000000963. The summed E-state index contributed by atoms with van der Waals surface area (Å²) < 4.78 is 2.23. The highest BCUT2D eigenvalue weighted by atomic mass is 35.5. The van der Waals surface area contributed by atoms with Gasteiger partial charge in [-0.1, -0.05) is 0 Å². The Morgan fingerprint density at radius 1 is 1.44 bits per heavy atom. The fourth-order valence-corrected chi connectivity index (χ4v) is 2.53. The summed E-state index contributed by atoms with van der Waals surface area (Å²) in [5.74, 6) is 2.15. The van der Waals surface area contributed by atoms with Crippen molar-refractivity contribution < 1.29 is 0 Å². The first-order valence-electron chi connectivity index (χ1n) is 5.06. The third kappa shape index (κ3) is 2.11. The van der Waals surface area contributed by atoms with E-state index >= 15 is 0 Å². The zero-order valence-corrected chi connectivity index (χ0v) is 10.4. The van der Waals surface area contributed by atoms with Crippen LogP contribution in [0.2, 0.25) is 0 Å². The molecule has 0 aromatic carbocycles. The van der Waals surface area contributed by atoms with Gasteiger partial charge in [-0.3, -0.25) is 0 Å². The SMILES string of the molecule is Cl.c1cc(Cc2nnc3n2CCNC3)cs1. The fourth-order valence-electron chi connectivity index (χ4n) is 1.86. The lowest BCUT2D eigenvalue weighted by Gasteiger charge is -2.15. The maximum Gasteiger partial charge on any atom is 0.147 e. The van der Waals surface area contributed by atoms with Crippen LogP contribution >= 0.6 is 23.7 Å². The van der Waals surface area contributed by atoms with E-state index in [1.807, 2.05) is 0 Å². The minimum Gasteiger partial charge on any atom is -0.312 e. The van der Waals surface area contributed by atoms with Crippen LogP contribution in [0.1, 0.15) is 17.2 Å². The second kappa shape index (κ2) is 4.95. The minimum absolute atomic E-state index is 0. The Morgan fingerprint density at radius 2 is 2.38 bits per heavy atom. The highest BCUT2D eigenvalue weighted by Gasteiger charge is 2.15. The van der Waals surface area contributed by atoms with E-state index < -0.39 is 0 Å². The number of halogens is 1. The maximum atomic E-state index is 4.25. The molecule has 0 aliphatic carbocycles. The second-order valence-electron chi connectivity index (χ2n) is 3.67. The first kappa shape index (κ1) is 11.6. The molecule has 16 heavy (non-hydrogen) atoms. The molecule has 0 radical (unpaired) electrons. The molecule has 1 aliphatic heterocycles. The molecule has 1 aliphatic rings. The Kier molecular flexibility index (Phi) is 3.58. The quantitative estimate of drug-likeness (QED) is 0.885. The van der Waals surface area contributed by atoms with Crippen LogP contribution in [0.15, 0.2) is 16.8 Å². The van der Waals surface area contributed by atoms with E-state index in [1.165, 1.54) is 5.56 Å². The number of thiophene rings is 1. The molecule has 0 fully saturated rings. The third-order valence-corrected chi connectivity index (χ3v) is 3.37. The number of aromatic nitrogens is 3. The standard InChI is InChI=1S/C10H12N4S.ClH/c1-4-15-7-8(1)5-9-12-13-10-6-11-2-3-14(9)10;/h1,4,7,11H,2-3,5-6H2;1H. The molecule has 0 amide bonds. The van der Waals surface area contributed by atoms with Gasteiger partial charge < -0.3 is 9.88 Å². The first-order chi connectivity index (χ1) is 7.43. The van der Waals surface area contributed by atoms with Crippen molar-refractivity contribution in [2.75, 3.05) is 6.54 Å². The summed E-state index contributed by atoms with van der Waals surface area (Å²) in [6.45, 7) is 2.85. The lowest BCUT2D eigenvalue weighted by Crippen LogP contribution is -2.29. The normalized spacial score (nSPS) is 14.2. The van der Waals surface area contributed by atoms with E-state index in [0.29, 0.717) is 0 Å². The molecule has 6 heteroatoms. The van der Waals surface area contributed by atoms with Gasteiger partial charge in [-0.25, -0.2) is 0 Å². The second-order valence-corrected chi connectivity index (χ2v) is 4.45. The zero-order valence-electron chi connectivity index (χ0n) is 8.72. The van der Waals surface area contributed by atoms with Crippen LogP contribution in [0.5, 0.6) is 0 Å². The van der Waals surface area contributed by atoms with E-state index in [2.05, 4.69) is 36.9 Å². The number of fused-ring (bicyclic) bond motifs is 1. The molecule has 3 rings (SSSR count). The molecule has 0 spiro atoms. The zero-order chi connectivity index (χ0) is 10.1. The van der Waals surface area contributed by atoms with Crippen molar-refractivity contribution in [2.24, 2.45) is 0 Å². The lowest BCUT2D eigenvalue weighted by molar-refractivity contribution is 0.496. The highest BCUT2D eigenvalue weighted by Crippen LogP contribution is 2.13. The fraction of sp³-hybridized carbons (Fsp3) is 0.400. The molecule has 2 aromatic rings. The van der Waals surface area contributed by atoms with E-state index in [-0.39, 0.29) is 12.4 Å². The van der Waals surface area contributed by atoms with Gasteiger partial charge >= 0.3 is 0 Å². The summed E-state index contributed by atoms with van der Waals surface area (Å²) in [4.78, 5) is 0. The number of hydrogen-bond donors (Lipinski definition) is 1. The Hall–Kier alpha value is -0.910. The van der Waals surface area contributed by atoms with Crippen LogP contribution in [-0.4, -0.2) is 21.3 Å². The van der Waals surface area contributed by atoms with Gasteiger partial charge in [-0.15, -0.1) is 22.6 Å². The average molecular weight is 257 g/mol. The number of rotatable bonds is 2. The molecular formula is C10H13ClN4S. The van der Waals surface area contributed by atoms with E-state index in [1.54, 1.807) is 11.3 Å². The van der Waals surface area contributed by atoms with Crippen molar-refractivity contribution in [3.8, 4) is 0 Å². The first-order valence-corrected chi connectivity index (χ1v) is 6.00. The summed E-state index contributed by atoms with van der Waals surface area (Å²) in [5, 5.41) is 16.0. The summed E-state index contributed by atoms with van der Waals surface area (Å²) in [6, 6.07) is 2.15. The van der Waals surface area contributed by atoms with E-state index in [4.69, 9.17) is 0 Å². The summed E-state index contributed by atoms with van der Waals surface area (Å²) in [7, 11) is 0. The number of hydrogen-bond acceptors (Lipinski definition) is 4. The molecule has 2 aromatic heterocycles. The van der Waals surface area contributed by atoms with Gasteiger partial charge in [0.2, 0.25) is 0 Å². The molecule has 86 valence electrons. The third-order valence-electron chi connectivity index (χ3n) is 2.64. The average Bonchev–Trinajstić information content (AvgIpc) is 2.89. The van der Waals surface area contributed by atoms with Gasteiger partial charge in [0.15, 0.2) is 0 Å². The minimum atomic E-state index is 0. The molecule has 0 unspecified atom stereocenters. The number of nitrogens with one attached hydrogen (secondary N) is 1. The van der Waals surface area contributed by atoms with Crippen molar-refractivity contribution in [1.82, 2.24) is 20.1 Å². The predicted octanol–water partition coefficient (Wildman–Crippen LogP) is 1.46. The van der Waals surface area contributed by atoms with Crippen molar-refractivity contribution >= 4 is 23.7 Å². The van der Waals surface area contributed by atoms with Crippen molar-refractivity contribution in [3.63, 3.8) is 0 Å². The van der Waals surface area contributed by atoms with Crippen LogP contribution in [0, 0.1) is 0 Å². The molecular weight excluding hydrogens is 244 g/mol. The molecule has 0 bridgehead atoms. The van der Waals surface area contributed by atoms with Crippen molar-refractivity contribution in [1.29, 1.82) is 0 Å². The lowest BCUT2D eigenvalue weighted by atomic mass is 10.2. The number of nitrogens with zero attached hydrogens (tertiary/aromatic N) is 3. The monoisotopic (exact) mass is 256 g/mol. The Bertz CT molecular complexity index is 451. The molecule has 3 heterocycles. The van der Waals surface area contributed by atoms with Gasteiger partial charge in [0.1, 0.15) is 11.6 Å². The molecule has 0 atom stereocenters. The van der Waals surface area contributed by atoms with Crippen LogP contribution in [0.3, 0.4) is 0 Å². The van der Waals surface area contributed by atoms with Gasteiger partial charge in [0.25, 0.3) is 0 Å². The molecule has 0 saturated heterocycles. The summed E-state index contributed by atoms with van der Waals surface area (Å²) in [6.07, 6.45) is 0.899. The predicted molar refractivity (Wildman–Crippen MR) is 66.1 cm³/mol. The Morgan fingerprint density at radius 3 is 3.19 bits per heavy atom. The van der Waals surface area contributed by atoms with Crippen LogP contribution in [0.4, 0.5) is 0 Å². The maximum absolute atomic E-state index is 4.25. The van der Waals surface area contributed by atoms with Crippen molar-refractivity contribution in [2.45, 2.75) is 19.5 Å².